The molecule has 0 spiro atoms. The number of sulfonamides is 1. The van der Waals surface area contributed by atoms with Gasteiger partial charge in [-0.2, -0.15) is 4.31 Å². The number of anilines is 1. The summed E-state index contributed by atoms with van der Waals surface area (Å²) < 4.78 is 32.3. The second kappa shape index (κ2) is 9.72. The van der Waals surface area contributed by atoms with Crippen LogP contribution in [0.4, 0.5) is 5.00 Å². The zero-order chi connectivity index (χ0) is 21.7. The smallest absolute Gasteiger partial charge is 0.341 e. The molecule has 9 heteroatoms. The van der Waals surface area contributed by atoms with Gasteiger partial charge in [0.2, 0.25) is 10.0 Å². The van der Waals surface area contributed by atoms with Crippen molar-refractivity contribution in [3.05, 3.63) is 46.8 Å². The average molecular weight is 451 g/mol. The molecule has 1 amide bonds. The molecule has 7 nitrogen and oxygen atoms in total. The van der Waals surface area contributed by atoms with Gasteiger partial charge in [0.25, 0.3) is 5.91 Å². The van der Waals surface area contributed by atoms with E-state index in [9.17, 15) is 18.0 Å². The fourth-order valence-electron chi connectivity index (χ4n) is 3.54. The lowest BCUT2D eigenvalue weighted by molar-refractivity contribution is 0.0528. The zero-order valence-corrected chi connectivity index (χ0v) is 18.7. The summed E-state index contributed by atoms with van der Waals surface area (Å²) in [5.74, 6) is -0.922. The predicted octanol–water partition coefficient (Wildman–Crippen LogP) is 4.13. The van der Waals surface area contributed by atoms with Gasteiger partial charge in [-0.1, -0.05) is 19.3 Å². The van der Waals surface area contributed by atoms with E-state index in [0.717, 1.165) is 32.1 Å². The van der Waals surface area contributed by atoms with E-state index >= 15 is 0 Å². The number of rotatable bonds is 7. The van der Waals surface area contributed by atoms with Crippen molar-refractivity contribution in [3.8, 4) is 0 Å². The van der Waals surface area contributed by atoms with Crippen LogP contribution < -0.4 is 5.32 Å². The minimum Gasteiger partial charge on any atom is -0.462 e. The van der Waals surface area contributed by atoms with E-state index in [1.165, 1.54) is 39.9 Å². The Morgan fingerprint density at radius 2 is 1.80 bits per heavy atom. The van der Waals surface area contributed by atoms with Crippen molar-refractivity contribution in [2.24, 2.45) is 0 Å². The SMILES string of the molecule is CCOC(=O)c1ccsc1NC(=O)c1ccc(S(=O)(=O)N(C)C2CCCCC2)cc1. The van der Waals surface area contributed by atoms with Gasteiger partial charge in [-0.3, -0.25) is 4.79 Å². The minimum absolute atomic E-state index is 0.0202. The standard InChI is InChI=1S/C21H26N2O5S2/c1-3-28-21(25)18-13-14-29-20(18)22-19(24)15-9-11-17(12-10-15)30(26,27)23(2)16-7-5-4-6-8-16/h9-14,16H,3-8H2,1-2H3,(H,22,24). The topological polar surface area (TPSA) is 92.8 Å². The summed E-state index contributed by atoms with van der Waals surface area (Å²) in [6, 6.07) is 7.47. The van der Waals surface area contributed by atoms with Gasteiger partial charge in [-0.25, -0.2) is 13.2 Å². The molecule has 2 aromatic rings. The third-order valence-corrected chi connectivity index (χ3v) is 8.02. The van der Waals surface area contributed by atoms with E-state index < -0.39 is 21.9 Å². The highest BCUT2D eigenvalue weighted by atomic mass is 32.2. The van der Waals surface area contributed by atoms with E-state index in [0.29, 0.717) is 16.1 Å². The maximum absolute atomic E-state index is 12.9. The number of esters is 1. The molecule has 0 atom stereocenters. The number of nitrogens with one attached hydrogen (secondary N) is 1. The van der Waals surface area contributed by atoms with E-state index in [1.807, 2.05) is 0 Å². The molecule has 1 aromatic carbocycles. The number of nitrogens with zero attached hydrogens (tertiary/aromatic N) is 1. The summed E-state index contributed by atoms with van der Waals surface area (Å²) >= 11 is 1.22. The van der Waals surface area contributed by atoms with Gasteiger partial charge >= 0.3 is 5.97 Å². The number of carbonyl (C=O) groups excluding carboxylic acids is 2. The van der Waals surface area contributed by atoms with Crippen molar-refractivity contribution in [1.29, 1.82) is 0 Å². The van der Waals surface area contributed by atoms with Crippen LogP contribution in [0.1, 0.15) is 59.7 Å². The van der Waals surface area contributed by atoms with Crippen LogP contribution in [0.3, 0.4) is 0 Å². The molecule has 1 N–H and O–H groups in total. The van der Waals surface area contributed by atoms with Crippen LogP contribution in [0.15, 0.2) is 40.6 Å². The number of carbonyl (C=O) groups is 2. The first-order valence-corrected chi connectivity index (χ1v) is 12.3. The maximum atomic E-state index is 12.9. The van der Waals surface area contributed by atoms with Crippen molar-refractivity contribution >= 4 is 38.2 Å². The van der Waals surface area contributed by atoms with Crippen molar-refractivity contribution in [3.63, 3.8) is 0 Å². The Bertz CT molecular complexity index is 993. The lowest BCUT2D eigenvalue weighted by Gasteiger charge is -2.30. The van der Waals surface area contributed by atoms with E-state index in [1.54, 1.807) is 25.4 Å². The Kier molecular flexibility index (Phi) is 7.27. The summed E-state index contributed by atoms with van der Waals surface area (Å²) in [6.45, 7) is 1.96. The molecule has 1 fully saturated rings. The van der Waals surface area contributed by atoms with Crippen molar-refractivity contribution < 1.29 is 22.7 Å². The van der Waals surface area contributed by atoms with Gasteiger partial charge in [-0.15, -0.1) is 11.3 Å². The Morgan fingerprint density at radius 1 is 1.13 bits per heavy atom. The summed E-state index contributed by atoms with van der Waals surface area (Å²) in [4.78, 5) is 24.7. The van der Waals surface area contributed by atoms with Gasteiger partial charge in [0.1, 0.15) is 5.00 Å². The summed E-state index contributed by atoms with van der Waals surface area (Å²) in [7, 11) is -1.99. The number of hydrogen-bond donors (Lipinski definition) is 1. The molecule has 0 unspecified atom stereocenters. The molecule has 1 heterocycles. The predicted molar refractivity (Wildman–Crippen MR) is 116 cm³/mol. The van der Waals surface area contributed by atoms with Crippen molar-refractivity contribution in [1.82, 2.24) is 4.31 Å². The zero-order valence-electron chi connectivity index (χ0n) is 17.1. The molecule has 3 rings (SSSR count). The molecule has 1 saturated carbocycles. The quantitative estimate of drug-likeness (QED) is 0.640. The van der Waals surface area contributed by atoms with Crippen molar-refractivity contribution in [2.45, 2.75) is 50.0 Å². The molecule has 0 aliphatic heterocycles. The molecule has 1 aromatic heterocycles. The summed E-state index contributed by atoms with van der Waals surface area (Å²) in [5, 5.41) is 4.79. The number of hydrogen-bond acceptors (Lipinski definition) is 6. The van der Waals surface area contributed by atoms with Crippen LogP contribution >= 0.6 is 11.3 Å². The fourth-order valence-corrected chi connectivity index (χ4v) is 5.72. The number of benzene rings is 1. The second-order valence-electron chi connectivity index (χ2n) is 7.18. The van der Waals surface area contributed by atoms with Crippen LogP contribution in [0.2, 0.25) is 0 Å². The molecule has 1 aliphatic rings. The highest BCUT2D eigenvalue weighted by molar-refractivity contribution is 7.89. The number of amides is 1. The minimum atomic E-state index is -3.61. The molecule has 0 bridgehead atoms. The van der Waals surface area contributed by atoms with Gasteiger partial charge in [0.15, 0.2) is 0 Å². The Balaban J connectivity index is 1.72. The summed E-state index contributed by atoms with van der Waals surface area (Å²) in [6.07, 6.45) is 4.98. The molecule has 30 heavy (non-hydrogen) atoms. The number of ether oxygens (including phenoxy) is 1. The van der Waals surface area contributed by atoms with Gasteiger partial charge < -0.3 is 10.1 Å². The summed E-state index contributed by atoms with van der Waals surface area (Å²) in [5.41, 5.74) is 0.598. The van der Waals surface area contributed by atoms with Crippen molar-refractivity contribution in [2.75, 3.05) is 19.0 Å². The third kappa shape index (κ3) is 4.91. The lowest BCUT2D eigenvalue weighted by Crippen LogP contribution is -2.38. The van der Waals surface area contributed by atoms with E-state index in [-0.39, 0.29) is 17.5 Å². The Labute approximate surface area is 181 Å². The van der Waals surface area contributed by atoms with Gasteiger partial charge in [0, 0.05) is 18.7 Å². The van der Waals surface area contributed by atoms with E-state index in [4.69, 9.17) is 4.74 Å². The van der Waals surface area contributed by atoms with Crippen LogP contribution in [-0.4, -0.2) is 44.3 Å². The molecular formula is C21H26N2O5S2. The first-order valence-electron chi connectivity index (χ1n) is 9.98. The van der Waals surface area contributed by atoms with Gasteiger partial charge in [-0.05, 0) is 55.5 Å². The first-order chi connectivity index (χ1) is 14.3. The number of thiophene rings is 1. The molecule has 162 valence electrons. The third-order valence-electron chi connectivity index (χ3n) is 5.27. The van der Waals surface area contributed by atoms with E-state index in [2.05, 4.69) is 5.32 Å². The average Bonchev–Trinajstić information content (AvgIpc) is 3.22. The fraction of sp³-hybridized carbons (Fsp3) is 0.429. The van der Waals surface area contributed by atoms with Gasteiger partial charge in [0.05, 0.1) is 17.1 Å². The van der Waals surface area contributed by atoms with Crippen LogP contribution in [0, 0.1) is 0 Å². The monoisotopic (exact) mass is 450 g/mol. The second-order valence-corrected chi connectivity index (χ2v) is 10.1. The Hall–Kier alpha value is -2.23. The molecule has 1 aliphatic carbocycles. The molecule has 0 saturated heterocycles. The van der Waals surface area contributed by atoms with Crippen LogP contribution in [-0.2, 0) is 14.8 Å². The first kappa shape index (κ1) is 22.5. The van der Waals surface area contributed by atoms with Crippen LogP contribution in [0.25, 0.3) is 0 Å². The molecule has 0 radical (unpaired) electrons. The largest absolute Gasteiger partial charge is 0.462 e. The highest BCUT2D eigenvalue weighted by Gasteiger charge is 2.29. The highest BCUT2D eigenvalue weighted by Crippen LogP contribution is 2.27. The molecular weight excluding hydrogens is 424 g/mol. The van der Waals surface area contributed by atoms with Crippen LogP contribution in [0.5, 0.6) is 0 Å². The maximum Gasteiger partial charge on any atom is 0.341 e. The Morgan fingerprint density at radius 3 is 2.43 bits per heavy atom. The normalized spacial score (nSPS) is 15.2. The lowest BCUT2D eigenvalue weighted by atomic mass is 9.96.